The number of allylic oxidation sites excluding steroid dienone is 14. The molecule has 0 heterocycles. The van der Waals surface area contributed by atoms with Crippen LogP contribution in [0.15, 0.2) is 85.1 Å². The summed E-state index contributed by atoms with van der Waals surface area (Å²) in [6.45, 7) is 3.56. The van der Waals surface area contributed by atoms with E-state index >= 15 is 0 Å². The molecule has 0 spiro atoms. The molecule has 0 aromatic carbocycles. The van der Waals surface area contributed by atoms with Gasteiger partial charge in [-0.1, -0.05) is 279 Å². The summed E-state index contributed by atoms with van der Waals surface area (Å²) in [5.74, 6) is -0.921. The maximum Gasteiger partial charge on any atom is 0.472 e. The molecule has 434 valence electrons. The summed E-state index contributed by atoms with van der Waals surface area (Å²) in [6, 6.07) is 0. The van der Waals surface area contributed by atoms with Gasteiger partial charge >= 0.3 is 19.8 Å². The minimum atomic E-state index is -4.41. The van der Waals surface area contributed by atoms with Gasteiger partial charge in [-0.15, -0.1) is 0 Å². The molecule has 0 radical (unpaired) electrons. The van der Waals surface area contributed by atoms with Crippen molar-refractivity contribution in [3.05, 3.63) is 85.1 Å². The maximum absolute atomic E-state index is 12.6. The second-order valence-electron chi connectivity index (χ2n) is 20.5. The molecule has 0 aliphatic heterocycles. The van der Waals surface area contributed by atoms with Gasteiger partial charge in [-0.05, 0) is 77.0 Å². The van der Waals surface area contributed by atoms with Gasteiger partial charge in [0.2, 0.25) is 0 Å². The van der Waals surface area contributed by atoms with Crippen molar-refractivity contribution in [1.29, 1.82) is 0 Å². The van der Waals surface area contributed by atoms with Crippen LogP contribution < -0.4 is 5.73 Å². The highest BCUT2D eigenvalue weighted by Crippen LogP contribution is 2.43. The maximum atomic E-state index is 12.6. The highest BCUT2D eigenvalue weighted by molar-refractivity contribution is 7.47. The van der Waals surface area contributed by atoms with Gasteiger partial charge in [-0.25, -0.2) is 4.57 Å². The number of phosphoric ester groups is 1. The van der Waals surface area contributed by atoms with Crippen molar-refractivity contribution in [2.45, 2.75) is 290 Å². The highest BCUT2D eigenvalue weighted by atomic mass is 31.2. The normalized spacial score (nSPS) is 13.6. The molecular formula is C65H116NO8P. The molecule has 0 aliphatic carbocycles. The Morgan fingerprint density at radius 3 is 1.15 bits per heavy atom. The van der Waals surface area contributed by atoms with Crippen molar-refractivity contribution in [2.24, 2.45) is 5.73 Å². The first-order valence-electron chi connectivity index (χ1n) is 31.1. The fourth-order valence-electron chi connectivity index (χ4n) is 8.72. The van der Waals surface area contributed by atoms with E-state index in [0.717, 1.165) is 57.8 Å². The van der Waals surface area contributed by atoms with Gasteiger partial charge in [0, 0.05) is 19.4 Å². The standard InChI is InChI=1S/C65H116NO8P/c1-3-5-7-9-11-13-15-17-19-21-23-24-25-26-27-28-29-30-31-32-33-34-35-36-37-38-40-41-43-45-47-49-51-53-55-57-64(67)71-61-63(62-73-75(69,70)72-60-59-66)74-65(68)58-56-54-52-50-48-46-44-42-39-22-20-18-16-14-12-10-8-6-4-2/h6,8,12,14,18,20-21,23,39,42,46,48,52,54,63H,3-5,7,9-11,13,15-17,19,22,24-38,40-41,43-45,47,49-51,53,55-62,66H2,1-2H3,(H,69,70)/b8-6-,14-12-,20-18-,23-21-,42-39-,48-46-,54-52-. The van der Waals surface area contributed by atoms with Crippen LogP contribution >= 0.6 is 7.82 Å². The van der Waals surface area contributed by atoms with E-state index in [-0.39, 0.29) is 32.6 Å². The second kappa shape index (κ2) is 60.4. The number of nitrogens with two attached hydrogens (primary N) is 1. The summed E-state index contributed by atoms with van der Waals surface area (Å²) in [4.78, 5) is 35.1. The third-order valence-corrected chi connectivity index (χ3v) is 14.3. The third kappa shape index (κ3) is 60.3. The number of rotatable bonds is 58. The van der Waals surface area contributed by atoms with Crippen molar-refractivity contribution in [1.82, 2.24) is 0 Å². The number of carbonyl (C=O) groups is 2. The lowest BCUT2D eigenvalue weighted by molar-refractivity contribution is -0.161. The van der Waals surface area contributed by atoms with Gasteiger partial charge in [-0.3, -0.25) is 18.6 Å². The molecule has 75 heavy (non-hydrogen) atoms. The number of ether oxygens (including phenoxy) is 2. The zero-order valence-corrected chi connectivity index (χ0v) is 49.4. The summed E-state index contributed by atoms with van der Waals surface area (Å²) in [5.41, 5.74) is 5.37. The SMILES string of the molecule is CC/C=C\C/C=C\C/C=C\C/C=C\C/C=C\C/C=C\CCC(=O)OC(COC(=O)CCCCCCCCCCCCCCCCCCCCCCCCC/C=C\CCCCCCCCCC)COP(=O)(O)OCCN. The van der Waals surface area contributed by atoms with Gasteiger partial charge in [0.15, 0.2) is 6.10 Å². The average Bonchev–Trinajstić information content (AvgIpc) is 3.40. The fourth-order valence-corrected chi connectivity index (χ4v) is 9.48. The van der Waals surface area contributed by atoms with Crippen LogP contribution in [0.1, 0.15) is 284 Å². The molecule has 0 bridgehead atoms. The molecule has 9 nitrogen and oxygen atoms in total. The van der Waals surface area contributed by atoms with Crippen molar-refractivity contribution in [3.63, 3.8) is 0 Å². The van der Waals surface area contributed by atoms with E-state index in [9.17, 15) is 19.0 Å². The first-order chi connectivity index (χ1) is 36.8. The van der Waals surface area contributed by atoms with Gasteiger partial charge in [0.1, 0.15) is 6.61 Å². The Balaban J connectivity index is 3.89. The first-order valence-corrected chi connectivity index (χ1v) is 32.6. The Morgan fingerprint density at radius 2 is 0.760 bits per heavy atom. The number of esters is 2. The molecule has 0 saturated heterocycles. The smallest absolute Gasteiger partial charge is 0.462 e. The van der Waals surface area contributed by atoms with Crippen LogP contribution in [0.3, 0.4) is 0 Å². The highest BCUT2D eigenvalue weighted by Gasteiger charge is 2.26. The van der Waals surface area contributed by atoms with Gasteiger partial charge in [0.25, 0.3) is 0 Å². The molecule has 0 rings (SSSR count). The Kier molecular flexibility index (Phi) is 58.2. The molecular weight excluding hydrogens is 954 g/mol. The number of phosphoric acid groups is 1. The van der Waals surface area contributed by atoms with Gasteiger partial charge < -0.3 is 20.1 Å². The molecule has 0 aromatic heterocycles. The minimum Gasteiger partial charge on any atom is -0.462 e. The van der Waals surface area contributed by atoms with Crippen LogP contribution in [-0.2, 0) is 32.7 Å². The predicted molar refractivity (Wildman–Crippen MR) is 321 cm³/mol. The van der Waals surface area contributed by atoms with E-state index in [1.165, 1.54) is 193 Å². The topological polar surface area (TPSA) is 134 Å². The lowest BCUT2D eigenvalue weighted by atomic mass is 10.0. The molecule has 0 aromatic rings. The first kappa shape index (κ1) is 72.2. The average molecular weight is 1070 g/mol. The van der Waals surface area contributed by atoms with Crippen LogP contribution in [-0.4, -0.2) is 49.3 Å². The summed E-state index contributed by atoms with van der Waals surface area (Å²) >= 11 is 0. The molecule has 2 atom stereocenters. The van der Waals surface area contributed by atoms with E-state index in [1.807, 2.05) is 12.2 Å². The Labute approximate surface area is 462 Å². The van der Waals surface area contributed by atoms with Crippen LogP contribution in [0.5, 0.6) is 0 Å². The Hall–Kier alpha value is -2.81. The van der Waals surface area contributed by atoms with Crippen LogP contribution in [0.4, 0.5) is 0 Å². The number of unbranched alkanes of at least 4 members (excludes halogenated alkanes) is 31. The van der Waals surface area contributed by atoms with Crippen molar-refractivity contribution >= 4 is 19.8 Å². The number of carbonyl (C=O) groups excluding carboxylic acids is 2. The van der Waals surface area contributed by atoms with Crippen molar-refractivity contribution in [3.8, 4) is 0 Å². The molecule has 0 fully saturated rings. The minimum absolute atomic E-state index is 0.0392. The largest absolute Gasteiger partial charge is 0.472 e. The van der Waals surface area contributed by atoms with E-state index < -0.39 is 32.5 Å². The fraction of sp³-hybridized carbons (Fsp3) is 0.754. The molecule has 10 heteroatoms. The molecule has 0 amide bonds. The zero-order valence-electron chi connectivity index (χ0n) is 48.5. The van der Waals surface area contributed by atoms with Gasteiger partial charge in [0.05, 0.1) is 13.2 Å². The summed E-state index contributed by atoms with van der Waals surface area (Å²) < 4.78 is 32.9. The number of hydrogen-bond donors (Lipinski definition) is 2. The third-order valence-electron chi connectivity index (χ3n) is 13.3. The van der Waals surface area contributed by atoms with E-state index in [1.54, 1.807) is 0 Å². The quantitative estimate of drug-likeness (QED) is 0.0264. The molecule has 0 aliphatic rings. The Morgan fingerprint density at radius 1 is 0.413 bits per heavy atom. The molecule has 2 unspecified atom stereocenters. The summed E-state index contributed by atoms with van der Waals surface area (Å²) in [5, 5.41) is 0. The second-order valence-corrected chi connectivity index (χ2v) is 22.0. The van der Waals surface area contributed by atoms with Crippen molar-refractivity contribution in [2.75, 3.05) is 26.4 Å². The monoisotopic (exact) mass is 1070 g/mol. The van der Waals surface area contributed by atoms with Crippen LogP contribution in [0, 0.1) is 0 Å². The van der Waals surface area contributed by atoms with Crippen molar-refractivity contribution < 1.29 is 37.6 Å². The number of hydrogen-bond acceptors (Lipinski definition) is 8. The van der Waals surface area contributed by atoms with E-state index in [4.69, 9.17) is 24.3 Å². The summed E-state index contributed by atoms with van der Waals surface area (Å²) in [7, 11) is -4.41. The van der Waals surface area contributed by atoms with Gasteiger partial charge in [-0.2, -0.15) is 0 Å². The zero-order chi connectivity index (χ0) is 54.5. The van der Waals surface area contributed by atoms with Crippen LogP contribution in [0.25, 0.3) is 0 Å². The Bertz CT molecular complexity index is 1500. The lowest BCUT2D eigenvalue weighted by Crippen LogP contribution is -2.29. The van der Waals surface area contributed by atoms with Crippen LogP contribution in [0.2, 0.25) is 0 Å². The molecule has 0 saturated carbocycles. The predicted octanol–water partition coefficient (Wildman–Crippen LogP) is 19.9. The lowest BCUT2D eigenvalue weighted by Gasteiger charge is -2.19. The van der Waals surface area contributed by atoms with E-state index in [0.29, 0.717) is 6.42 Å². The molecule has 3 N–H and O–H groups in total. The summed E-state index contributed by atoms with van der Waals surface area (Å²) in [6.07, 6.45) is 79.8. The van der Waals surface area contributed by atoms with E-state index in [2.05, 4.69) is 86.8 Å².